The maximum absolute atomic E-state index is 10.8. The maximum atomic E-state index is 10.8. The highest BCUT2D eigenvalue weighted by Gasteiger charge is 2.04. The van der Waals surface area contributed by atoms with Crippen molar-refractivity contribution in [1.82, 2.24) is 4.98 Å². The molecule has 0 saturated heterocycles. The fourth-order valence-corrected chi connectivity index (χ4v) is 1.33. The molecule has 0 amide bonds. The second-order valence-electron chi connectivity index (χ2n) is 3.21. The van der Waals surface area contributed by atoms with Gasteiger partial charge in [0.2, 0.25) is 0 Å². The van der Waals surface area contributed by atoms with Crippen molar-refractivity contribution in [3.63, 3.8) is 0 Å². The van der Waals surface area contributed by atoms with E-state index >= 15 is 0 Å². The van der Waals surface area contributed by atoms with Gasteiger partial charge in [0.1, 0.15) is 0 Å². The van der Waals surface area contributed by atoms with Gasteiger partial charge >= 0.3 is 0 Å². The normalized spacial score (nSPS) is 10.0. The van der Waals surface area contributed by atoms with Crippen molar-refractivity contribution in [3.05, 3.63) is 29.1 Å². The summed E-state index contributed by atoms with van der Waals surface area (Å²) in [4.78, 5) is 15.0. The van der Waals surface area contributed by atoms with E-state index in [1.807, 2.05) is 13.0 Å². The first-order valence-corrected chi connectivity index (χ1v) is 4.69. The van der Waals surface area contributed by atoms with E-state index in [2.05, 4.69) is 11.9 Å². The van der Waals surface area contributed by atoms with Crippen LogP contribution in [0.15, 0.2) is 12.3 Å². The Balaban J connectivity index is 2.91. The average molecular weight is 177 g/mol. The Morgan fingerprint density at radius 2 is 2.31 bits per heavy atom. The molecule has 0 N–H and O–H groups in total. The molecule has 13 heavy (non-hydrogen) atoms. The van der Waals surface area contributed by atoms with Gasteiger partial charge in [0, 0.05) is 11.8 Å². The number of carbonyl (C=O) groups excluding carboxylic acids is 1. The molecule has 2 heteroatoms. The number of aromatic nitrogens is 1. The summed E-state index contributed by atoms with van der Waals surface area (Å²) in [6.07, 6.45) is 5.82. The van der Waals surface area contributed by atoms with Crippen molar-refractivity contribution >= 4 is 6.29 Å². The number of hydrogen-bond acceptors (Lipinski definition) is 2. The largest absolute Gasteiger partial charge is 0.298 e. The van der Waals surface area contributed by atoms with Crippen LogP contribution in [0, 0.1) is 6.92 Å². The van der Waals surface area contributed by atoms with Gasteiger partial charge < -0.3 is 0 Å². The number of unbranched alkanes of at least 4 members (excludes halogenated alkanes) is 1. The number of aryl methyl sites for hydroxylation is 2. The summed E-state index contributed by atoms with van der Waals surface area (Å²) < 4.78 is 0. The van der Waals surface area contributed by atoms with E-state index in [-0.39, 0.29) is 0 Å². The van der Waals surface area contributed by atoms with Crippen LogP contribution in [0.3, 0.4) is 0 Å². The predicted molar refractivity (Wildman–Crippen MR) is 53.0 cm³/mol. The zero-order valence-corrected chi connectivity index (χ0v) is 8.21. The number of pyridine rings is 1. The van der Waals surface area contributed by atoms with Crippen molar-refractivity contribution in [3.8, 4) is 0 Å². The van der Waals surface area contributed by atoms with Crippen LogP contribution < -0.4 is 0 Å². The van der Waals surface area contributed by atoms with Gasteiger partial charge in [-0.3, -0.25) is 9.78 Å². The van der Waals surface area contributed by atoms with Crippen LogP contribution in [0.5, 0.6) is 0 Å². The van der Waals surface area contributed by atoms with E-state index < -0.39 is 0 Å². The monoisotopic (exact) mass is 177 g/mol. The molecular weight excluding hydrogens is 162 g/mol. The van der Waals surface area contributed by atoms with E-state index in [4.69, 9.17) is 0 Å². The lowest BCUT2D eigenvalue weighted by Gasteiger charge is -2.04. The van der Waals surface area contributed by atoms with E-state index in [0.29, 0.717) is 0 Å². The Hall–Kier alpha value is -1.18. The second-order valence-corrected chi connectivity index (χ2v) is 3.21. The maximum Gasteiger partial charge on any atom is 0.152 e. The number of hydrogen-bond donors (Lipinski definition) is 0. The molecule has 0 aliphatic rings. The van der Waals surface area contributed by atoms with Crippen molar-refractivity contribution in [2.45, 2.75) is 33.1 Å². The third-order valence-corrected chi connectivity index (χ3v) is 2.18. The summed E-state index contributed by atoms with van der Waals surface area (Å²) in [5.41, 5.74) is 2.74. The lowest BCUT2D eigenvalue weighted by molar-refractivity contribution is 0.112. The zero-order chi connectivity index (χ0) is 9.68. The van der Waals surface area contributed by atoms with E-state index in [1.165, 1.54) is 0 Å². The van der Waals surface area contributed by atoms with E-state index in [1.54, 1.807) is 6.20 Å². The lowest BCUT2D eigenvalue weighted by atomic mass is 10.1. The first kappa shape index (κ1) is 9.90. The molecular formula is C11H15NO. The molecule has 1 rings (SSSR count). The van der Waals surface area contributed by atoms with Gasteiger partial charge in [-0.15, -0.1) is 0 Å². The molecule has 0 radical (unpaired) electrons. The van der Waals surface area contributed by atoms with Crippen LogP contribution >= 0.6 is 0 Å². The molecule has 0 fully saturated rings. The lowest BCUT2D eigenvalue weighted by Crippen LogP contribution is -1.99. The van der Waals surface area contributed by atoms with Crippen LogP contribution in [-0.2, 0) is 6.42 Å². The molecule has 0 atom stereocenters. The molecule has 70 valence electrons. The first-order valence-electron chi connectivity index (χ1n) is 4.69. The van der Waals surface area contributed by atoms with Crippen LogP contribution in [0.4, 0.5) is 0 Å². The smallest absolute Gasteiger partial charge is 0.152 e. The van der Waals surface area contributed by atoms with Gasteiger partial charge in [-0.1, -0.05) is 13.3 Å². The predicted octanol–water partition coefficient (Wildman–Crippen LogP) is 2.55. The van der Waals surface area contributed by atoms with Crippen LogP contribution in [0.25, 0.3) is 0 Å². The Labute approximate surface area is 79.0 Å². The minimum atomic E-state index is 0.774. The van der Waals surface area contributed by atoms with Crippen molar-refractivity contribution in [1.29, 1.82) is 0 Å². The Kier molecular flexibility index (Phi) is 3.62. The van der Waals surface area contributed by atoms with Crippen LogP contribution in [0.2, 0.25) is 0 Å². The summed E-state index contributed by atoms with van der Waals surface area (Å²) in [5, 5.41) is 0. The van der Waals surface area contributed by atoms with E-state index in [9.17, 15) is 4.79 Å². The Bertz CT molecular complexity index is 294. The number of rotatable bonds is 4. The Morgan fingerprint density at radius 3 is 2.92 bits per heavy atom. The van der Waals surface area contributed by atoms with E-state index in [0.717, 1.165) is 42.4 Å². The fraction of sp³-hybridized carbons (Fsp3) is 0.455. The number of carbonyl (C=O) groups is 1. The van der Waals surface area contributed by atoms with Gasteiger partial charge in [-0.05, 0) is 31.4 Å². The summed E-state index contributed by atoms with van der Waals surface area (Å²) in [6.45, 7) is 4.08. The molecule has 0 unspecified atom stereocenters. The molecule has 0 spiro atoms. The standard InChI is InChI=1S/C11H15NO/c1-3-4-5-11-10(8-13)9(2)6-7-12-11/h6-8H,3-5H2,1-2H3. The van der Waals surface area contributed by atoms with Crippen LogP contribution in [0.1, 0.15) is 41.4 Å². The average Bonchev–Trinajstić information content (AvgIpc) is 2.15. The highest BCUT2D eigenvalue weighted by Crippen LogP contribution is 2.11. The SMILES string of the molecule is CCCCc1nccc(C)c1C=O. The van der Waals surface area contributed by atoms with Crippen LogP contribution in [-0.4, -0.2) is 11.3 Å². The summed E-state index contributed by atoms with van der Waals surface area (Å²) >= 11 is 0. The van der Waals surface area contributed by atoms with Crippen molar-refractivity contribution < 1.29 is 4.79 Å². The molecule has 2 nitrogen and oxygen atoms in total. The molecule has 0 aliphatic carbocycles. The highest BCUT2D eigenvalue weighted by atomic mass is 16.1. The second kappa shape index (κ2) is 4.75. The minimum Gasteiger partial charge on any atom is -0.298 e. The number of nitrogens with zero attached hydrogens (tertiary/aromatic N) is 1. The molecule has 1 aromatic heterocycles. The van der Waals surface area contributed by atoms with Crippen molar-refractivity contribution in [2.75, 3.05) is 0 Å². The molecule has 0 saturated carbocycles. The fourth-order valence-electron chi connectivity index (χ4n) is 1.33. The molecule has 0 aliphatic heterocycles. The molecule has 1 heterocycles. The van der Waals surface area contributed by atoms with Gasteiger partial charge in [0.25, 0.3) is 0 Å². The van der Waals surface area contributed by atoms with Gasteiger partial charge in [-0.2, -0.15) is 0 Å². The minimum absolute atomic E-state index is 0.774. The summed E-state index contributed by atoms with van der Waals surface area (Å²) in [7, 11) is 0. The summed E-state index contributed by atoms with van der Waals surface area (Å²) in [6, 6.07) is 1.87. The third kappa shape index (κ3) is 2.38. The summed E-state index contributed by atoms with van der Waals surface area (Å²) in [5.74, 6) is 0. The van der Waals surface area contributed by atoms with Gasteiger partial charge in [0.15, 0.2) is 6.29 Å². The highest BCUT2D eigenvalue weighted by molar-refractivity contribution is 5.78. The Morgan fingerprint density at radius 1 is 1.54 bits per heavy atom. The van der Waals surface area contributed by atoms with Gasteiger partial charge in [-0.25, -0.2) is 0 Å². The first-order chi connectivity index (χ1) is 6.29. The zero-order valence-electron chi connectivity index (χ0n) is 8.21. The van der Waals surface area contributed by atoms with Gasteiger partial charge in [0.05, 0.1) is 5.69 Å². The molecule has 0 bridgehead atoms. The van der Waals surface area contributed by atoms with Crippen molar-refractivity contribution in [2.24, 2.45) is 0 Å². The quantitative estimate of drug-likeness (QED) is 0.661. The topological polar surface area (TPSA) is 30.0 Å². The number of aldehydes is 1. The molecule has 1 aromatic rings. The molecule has 0 aromatic carbocycles. The third-order valence-electron chi connectivity index (χ3n) is 2.18.